The zero-order chi connectivity index (χ0) is 17.1. The molecule has 7 nitrogen and oxygen atoms in total. The third-order valence-electron chi connectivity index (χ3n) is 3.54. The molecule has 8 heteroatoms. The zero-order valence-corrected chi connectivity index (χ0v) is 14.9. The lowest BCUT2D eigenvalue weighted by Crippen LogP contribution is -2.02. The van der Waals surface area contributed by atoms with Gasteiger partial charge in [0, 0.05) is 7.11 Å². The van der Waals surface area contributed by atoms with Crippen LogP contribution >= 0.6 is 11.8 Å². The molecule has 0 unspecified atom stereocenters. The first kappa shape index (κ1) is 16.7. The maximum atomic E-state index is 5.31. The van der Waals surface area contributed by atoms with Crippen molar-refractivity contribution < 1.29 is 9.26 Å². The summed E-state index contributed by atoms with van der Waals surface area (Å²) < 4.78 is 12.4. The molecule has 126 valence electrons. The Kier molecular flexibility index (Phi) is 4.96. The van der Waals surface area contributed by atoms with Gasteiger partial charge in [0.2, 0.25) is 5.89 Å². The highest BCUT2D eigenvalue weighted by Crippen LogP contribution is 2.34. The van der Waals surface area contributed by atoms with Crippen molar-refractivity contribution in [2.45, 2.75) is 37.8 Å². The molecule has 0 saturated carbocycles. The van der Waals surface area contributed by atoms with E-state index in [9.17, 15) is 0 Å². The average molecular weight is 345 g/mol. The first-order chi connectivity index (χ1) is 11.6. The van der Waals surface area contributed by atoms with Gasteiger partial charge in [-0.25, -0.2) is 0 Å². The molecule has 0 aliphatic heterocycles. The summed E-state index contributed by atoms with van der Waals surface area (Å²) in [6.07, 6.45) is 0. The Morgan fingerprint density at radius 2 is 2.04 bits per heavy atom. The number of aryl methyl sites for hydroxylation is 2. The van der Waals surface area contributed by atoms with E-state index in [4.69, 9.17) is 9.26 Å². The lowest BCUT2D eigenvalue weighted by atomic mass is 10.2. The maximum absolute atomic E-state index is 5.31. The summed E-state index contributed by atoms with van der Waals surface area (Å²) in [5.41, 5.74) is 2.23. The molecule has 1 atom stereocenters. The third-order valence-corrected chi connectivity index (χ3v) is 4.57. The minimum atomic E-state index is -0.0468. The van der Waals surface area contributed by atoms with E-state index in [0.717, 1.165) is 22.2 Å². The lowest BCUT2D eigenvalue weighted by molar-refractivity contribution is 0.174. The topological polar surface area (TPSA) is 78.9 Å². The number of thioether (sulfide) groups is 1. The number of hydrogen-bond donors (Lipinski definition) is 0. The number of hydrogen-bond acceptors (Lipinski definition) is 7. The summed E-state index contributed by atoms with van der Waals surface area (Å²) in [7, 11) is 1.60. The first-order valence-corrected chi connectivity index (χ1v) is 8.44. The van der Waals surface area contributed by atoms with E-state index in [1.807, 2.05) is 30.5 Å². The second kappa shape index (κ2) is 7.14. The quantitative estimate of drug-likeness (QED) is 0.634. The fraction of sp³-hybridized carbons (Fsp3) is 0.375. The molecule has 24 heavy (non-hydrogen) atoms. The Morgan fingerprint density at radius 3 is 2.79 bits per heavy atom. The Morgan fingerprint density at radius 1 is 1.25 bits per heavy atom. The second-order valence-electron chi connectivity index (χ2n) is 5.39. The van der Waals surface area contributed by atoms with Crippen molar-refractivity contribution in [3.63, 3.8) is 0 Å². The minimum Gasteiger partial charge on any atom is -0.377 e. The van der Waals surface area contributed by atoms with Crippen LogP contribution in [0, 0.1) is 13.8 Å². The summed E-state index contributed by atoms with van der Waals surface area (Å²) in [6, 6.07) is 8.16. The van der Waals surface area contributed by atoms with Crippen LogP contribution in [0.15, 0.2) is 33.9 Å². The van der Waals surface area contributed by atoms with Gasteiger partial charge >= 0.3 is 0 Å². The van der Waals surface area contributed by atoms with Crippen LogP contribution in [-0.2, 0) is 11.3 Å². The van der Waals surface area contributed by atoms with Gasteiger partial charge in [0.15, 0.2) is 11.0 Å². The van der Waals surface area contributed by atoms with Crippen molar-refractivity contribution in [3.05, 3.63) is 47.4 Å². The normalized spacial score (nSPS) is 12.5. The van der Waals surface area contributed by atoms with Crippen molar-refractivity contribution in [2.24, 2.45) is 0 Å². The highest BCUT2D eigenvalue weighted by atomic mass is 32.2. The van der Waals surface area contributed by atoms with E-state index in [1.54, 1.807) is 7.11 Å². The molecule has 0 saturated heterocycles. The van der Waals surface area contributed by atoms with Gasteiger partial charge in [-0.2, -0.15) is 4.98 Å². The number of para-hydroxylation sites is 1. The van der Waals surface area contributed by atoms with Gasteiger partial charge < -0.3 is 9.26 Å². The fourth-order valence-corrected chi connectivity index (χ4v) is 3.28. The average Bonchev–Trinajstić information content (AvgIpc) is 3.16. The molecule has 2 aromatic heterocycles. The van der Waals surface area contributed by atoms with Crippen LogP contribution in [0.1, 0.15) is 35.3 Å². The number of ether oxygens (including phenoxy) is 1. The first-order valence-electron chi connectivity index (χ1n) is 7.56. The molecule has 0 bridgehead atoms. The predicted molar refractivity (Wildman–Crippen MR) is 90.1 cm³/mol. The predicted octanol–water partition coefficient (Wildman–Crippen LogP) is 3.27. The molecule has 0 spiro atoms. The molecule has 0 fully saturated rings. The van der Waals surface area contributed by atoms with Gasteiger partial charge in [-0.05, 0) is 32.4 Å². The van der Waals surface area contributed by atoms with Crippen molar-refractivity contribution in [1.29, 1.82) is 0 Å². The van der Waals surface area contributed by atoms with Crippen LogP contribution in [-0.4, -0.2) is 32.0 Å². The molecular formula is C16H19N5O2S. The van der Waals surface area contributed by atoms with Gasteiger partial charge in [-0.1, -0.05) is 35.1 Å². The molecule has 0 aliphatic carbocycles. The van der Waals surface area contributed by atoms with E-state index in [0.29, 0.717) is 18.3 Å². The largest absolute Gasteiger partial charge is 0.377 e. The van der Waals surface area contributed by atoms with Crippen molar-refractivity contribution >= 4 is 11.8 Å². The van der Waals surface area contributed by atoms with Crippen molar-refractivity contribution in [2.75, 3.05) is 7.11 Å². The summed E-state index contributed by atoms with van der Waals surface area (Å²) in [5.74, 6) is 1.92. The van der Waals surface area contributed by atoms with Gasteiger partial charge in [-0.3, -0.25) is 4.57 Å². The maximum Gasteiger partial charge on any atom is 0.240 e. The van der Waals surface area contributed by atoms with E-state index in [2.05, 4.69) is 39.4 Å². The molecule has 0 aliphatic rings. The highest BCUT2D eigenvalue weighted by Gasteiger charge is 2.21. The number of nitrogens with zero attached hydrogens (tertiary/aromatic N) is 5. The van der Waals surface area contributed by atoms with Crippen LogP contribution in [0.5, 0.6) is 0 Å². The molecule has 0 radical (unpaired) electrons. The highest BCUT2D eigenvalue weighted by molar-refractivity contribution is 7.99. The summed E-state index contributed by atoms with van der Waals surface area (Å²) in [6.45, 7) is 6.35. The molecular weight excluding hydrogens is 326 g/mol. The summed E-state index contributed by atoms with van der Waals surface area (Å²) in [5, 5.41) is 13.2. The van der Waals surface area contributed by atoms with E-state index >= 15 is 0 Å². The Balaban J connectivity index is 1.87. The summed E-state index contributed by atoms with van der Waals surface area (Å²) >= 11 is 1.53. The standard InChI is InChI=1S/C16H19N5O2S/c1-10-7-5-6-8-13(10)21-12(3)18-19-16(21)24-11(2)15-17-14(9-22-4)20-23-15/h5-8,11H,9H2,1-4H3/t11-/m1/s1. The Bertz CT molecular complexity index is 829. The van der Waals surface area contributed by atoms with Gasteiger partial charge in [0.05, 0.1) is 10.9 Å². The third kappa shape index (κ3) is 3.34. The molecule has 2 heterocycles. The van der Waals surface area contributed by atoms with Crippen LogP contribution < -0.4 is 0 Å². The molecule has 3 aromatic rings. The van der Waals surface area contributed by atoms with Crippen LogP contribution in [0.3, 0.4) is 0 Å². The minimum absolute atomic E-state index is 0.0468. The summed E-state index contributed by atoms with van der Waals surface area (Å²) in [4.78, 5) is 4.34. The lowest BCUT2D eigenvalue weighted by Gasteiger charge is -2.12. The molecule has 3 rings (SSSR count). The van der Waals surface area contributed by atoms with Crippen LogP contribution in [0.25, 0.3) is 5.69 Å². The van der Waals surface area contributed by atoms with Crippen molar-refractivity contribution in [1.82, 2.24) is 24.9 Å². The second-order valence-corrected chi connectivity index (χ2v) is 6.70. The van der Waals surface area contributed by atoms with Gasteiger partial charge in [-0.15, -0.1) is 10.2 Å². The Labute approximate surface area is 144 Å². The van der Waals surface area contributed by atoms with Gasteiger partial charge in [0.25, 0.3) is 0 Å². The van der Waals surface area contributed by atoms with E-state index < -0.39 is 0 Å². The smallest absolute Gasteiger partial charge is 0.240 e. The van der Waals surface area contributed by atoms with Gasteiger partial charge in [0.1, 0.15) is 12.4 Å². The van der Waals surface area contributed by atoms with Crippen LogP contribution in [0.2, 0.25) is 0 Å². The van der Waals surface area contributed by atoms with E-state index in [-0.39, 0.29) is 5.25 Å². The number of benzene rings is 1. The fourth-order valence-electron chi connectivity index (χ4n) is 2.34. The Hall–Kier alpha value is -2.19. The number of rotatable bonds is 6. The molecule has 0 N–H and O–H groups in total. The number of methoxy groups -OCH3 is 1. The van der Waals surface area contributed by atoms with Crippen LogP contribution in [0.4, 0.5) is 0 Å². The van der Waals surface area contributed by atoms with Crippen molar-refractivity contribution in [3.8, 4) is 5.69 Å². The monoisotopic (exact) mass is 345 g/mol. The molecule has 0 amide bonds. The molecule has 1 aromatic carbocycles. The zero-order valence-electron chi connectivity index (χ0n) is 14.1. The number of aromatic nitrogens is 5. The van der Waals surface area contributed by atoms with E-state index in [1.165, 1.54) is 11.8 Å². The SMILES string of the molecule is COCc1noc([C@@H](C)Sc2nnc(C)n2-c2ccccc2C)n1.